The smallest absolute Gasteiger partial charge is 0.276 e. The van der Waals surface area contributed by atoms with E-state index in [2.05, 4.69) is 5.16 Å². The van der Waals surface area contributed by atoms with Gasteiger partial charge in [0.2, 0.25) is 0 Å². The summed E-state index contributed by atoms with van der Waals surface area (Å²) >= 11 is 0. The molecule has 0 bridgehead atoms. The topological polar surface area (TPSA) is 75.8 Å². The van der Waals surface area contributed by atoms with Gasteiger partial charge in [-0.25, -0.2) is 0 Å². The zero-order chi connectivity index (χ0) is 16.0. The Hall–Kier alpha value is -1.40. The molecule has 6 nitrogen and oxygen atoms in total. The van der Waals surface area contributed by atoms with Crippen molar-refractivity contribution in [1.29, 1.82) is 0 Å². The van der Waals surface area contributed by atoms with Crippen LogP contribution in [0.1, 0.15) is 61.2 Å². The van der Waals surface area contributed by atoms with Crippen molar-refractivity contribution in [2.24, 2.45) is 5.41 Å². The van der Waals surface area contributed by atoms with Crippen molar-refractivity contribution in [3.8, 4) is 0 Å². The zero-order valence-corrected chi connectivity index (χ0v) is 13.5. The van der Waals surface area contributed by atoms with E-state index >= 15 is 0 Å². The van der Waals surface area contributed by atoms with Gasteiger partial charge in [0, 0.05) is 43.5 Å². The molecule has 1 aliphatic heterocycles. The fourth-order valence-corrected chi connectivity index (χ4v) is 4.06. The number of aliphatic hydroxyl groups is 1. The van der Waals surface area contributed by atoms with E-state index in [1.54, 1.807) is 6.07 Å². The Bertz CT molecular complexity index is 585. The first-order chi connectivity index (χ1) is 11.1. The van der Waals surface area contributed by atoms with Gasteiger partial charge in [0.1, 0.15) is 5.76 Å². The SMILES string of the molecule is CCO[C@H]1C[C@@H](O)C12CCN(C(=O)c1cc(C3CC3)on1)CC2. The molecule has 1 amide bonds. The number of aromatic nitrogens is 1. The number of hydrogen-bond donors (Lipinski definition) is 1. The van der Waals surface area contributed by atoms with Crippen LogP contribution in [0.3, 0.4) is 0 Å². The molecule has 4 rings (SSSR count). The molecule has 6 heteroatoms. The number of carbonyl (C=O) groups is 1. The van der Waals surface area contributed by atoms with E-state index in [1.165, 1.54) is 0 Å². The van der Waals surface area contributed by atoms with Crippen molar-refractivity contribution in [3.63, 3.8) is 0 Å². The largest absolute Gasteiger partial charge is 0.392 e. The van der Waals surface area contributed by atoms with Crippen LogP contribution < -0.4 is 0 Å². The molecule has 2 heterocycles. The lowest BCUT2D eigenvalue weighted by molar-refractivity contribution is -0.207. The molecule has 2 saturated carbocycles. The summed E-state index contributed by atoms with van der Waals surface area (Å²) in [6, 6.07) is 1.80. The Labute approximate surface area is 135 Å². The van der Waals surface area contributed by atoms with Gasteiger partial charge in [0.05, 0.1) is 12.2 Å². The van der Waals surface area contributed by atoms with Gasteiger partial charge in [-0.1, -0.05) is 5.16 Å². The summed E-state index contributed by atoms with van der Waals surface area (Å²) in [7, 11) is 0. The minimum absolute atomic E-state index is 0.0581. The molecule has 1 saturated heterocycles. The second kappa shape index (κ2) is 5.60. The van der Waals surface area contributed by atoms with Crippen molar-refractivity contribution in [2.45, 2.75) is 57.2 Å². The molecule has 2 aliphatic carbocycles. The Balaban J connectivity index is 1.39. The van der Waals surface area contributed by atoms with Crippen LogP contribution in [0.4, 0.5) is 0 Å². The van der Waals surface area contributed by atoms with Crippen molar-refractivity contribution >= 4 is 5.91 Å². The number of rotatable bonds is 4. The van der Waals surface area contributed by atoms with E-state index in [0.717, 1.165) is 37.9 Å². The third kappa shape index (κ3) is 2.48. The Morgan fingerprint density at radius 2 is 2.22 bits per heavy atom. The van der Waals surface area contributed by atoms with Crippen LogP contribution in [-0.4, -0.2) is 53.0 Å². The molecule has 1 spiro atoms. The number of hydrogen-bond acceptors (Lipinski definition) is 5. The third-order valence-electron chi connectivity index (χ3n) is 5.82. The third-order valence-corrected chi connectivity index (χ3v) is 5.82. The van der Waals surface area contributed by atoms with Gasteiger partial charge in [-0.15, -0.1) is 0 Å². The number of amides is 1. The van der Waals surface area contributed by atoms with Gasteiger partial charge in [0.15, 0.2) is 5.69 Å². The number of nitrogens with zero attached hydrogens (tertiary/aromatic N) is 2. The molecule has 0 aromatic carbocycles. The lowest BCUT2D eigenvalue weighted by atomic mass is 9.58. The lowest BCUT2D eigenvalue weighted by Gasteiger charge is -2.56. The summed E-state index contributed by atoms with van der Waals surface area (Å²) in [5.41, 5.74) is 0.258. The molecular formula is C17H24N2O4. The average molecular weight is 320 g/mol. The van der Waals surface area contributed by atoms with Gasteiger partial charge in [-0.05, 0) is 32.6 Å². The van der Waals surface area contributed by atoms with E-state index in [1.807, 2.05) is 11.8 Å². The Kier molecular flexibility index (Phi) is 3.69. The van der Waals surface area contributed by atoms with Crippen molar-refractivity contribution in [1.82, 2.24) is 10.1 Å². The maximum Gasteiger partial charge on any atom is 0.276 e. The molecule has 1 aromatic heterocycles. The van der Waals surface area contributed by atoms with Crippen LogP contribution in [0.2, 0.25) is 0 Å². The van der Waals surface area contributed by atoms with Crippen LogP contribution in [0.15, 0.2) is 10.6 Å². The Morgan fingerprint density at radius 1 is 1.48 bits per heavy atom. The van der Waals surface area contributed by atoms with Crippen LogP contribution in [0.25, 0.3) is 0 Å². The number of piperidine rings is 1. The van der Waals surface area contributed by atoms with Crippen LogP contribution in [0.5, 0.6) is 0 Å². The minimum atomic E-state index is -0.301. The van der Waals surface area contributed by atoms with Crippen molar-refractivity contribution in [3.05, 3.63) is 17.5 Å². The summed E-state index contributed by atoms with van der Waals surface area (Å²) in [6.45, 7) is 3.94. The predicted molar refractivity (Wildman–Crippen MR) is 82.1 cm³/mol. The fourth-order valence-electron chi connectivity index (χ4n) is 4.06. The van der Waals surface area contributed by atoms with E-state index in [4.69, 9.17) is 9.26 Å². The van der Waals surface area contributed by atoms with E-state index in [0.29, 0.717) is 31.3 Å². The second-order valence-corrected chi connectivity index (χ2v) is 7.11. The summed E-state index contributed by atoms with van der Waals surface area (Å²) in [6.07, 6.45) is 4.39. The summed E-state index contributed by atoms with van der Waals surface area (Å²) in [5.74, 6) is 1.25. The van der Waals surface area contributed by atoms with E-state index < -0.39 is 0 Å². The van der Waals surface area contributed by atoms with Crippen LogP contribution in [-0.2, 0) is 4.74 Å². The monoisotopic (exact) mass is 320 g/mol. The normalized spacial score (nSPS) is 29.6. The highest BCUT2D eigenvalue weighted by Gasteiger charge is 2.56. The van der Waals surface area contributed by atoms with Gasteiger partial charge in [-0.3, -0.25) is 4.79 Å². The van der Waals surface area contributed by atoms with Crippen LogP contribution >= 0.6 is 0 Å². The molecule has 126 valence electrons. The number of aliphatic hydroxyl groups excluding tert-OH is 1. The highest BCUT2D eigenvalue weighted by molar-refractivity contribution is 5.92. The van der Waals surface area contributed by atoms with Gasteiger partial charge in [-0.2, -0.15) is 0 Å². The molecule has 0 unspecified atom stereocenters. The average Bonchev–Trinajstić information content (AvgIpc) is 3.31. The van der Waals surface area contributed by atoms with E-state index in [9.17, 15) is 9.90 Å². The molecule has 0 radical (unpaired) electrons. The van der Waals surface area contributed by atoms with Crippen LogP contribution in [0, 0.1) is 5.41 Å². The quantitative estimate of drug-likeness (QED) is 0.917. The minimum Gasteiger partial charge on any atom is -0.392 e. The molecule has 1 N–H and O–H groups in total. The lowest BCUT2D eigenvalue weighted by Crippen LogP contribution is -2.62. The highest BCUT2D eigenvalue weighted by atomic mass is 16.5. The molecule has 3 aliphatic rings. The first-order valence-electron chi connectivity index (χ1n) is 8.69. The maximum absolute atomic E-state index is 12.6. The number of ether oxygens (including phenoxy) is 1. The molecular weight excluding hydrogens is 296 g/mol. The first kappa shape index (κ1) is 15.1. The predicted octanol–water partition coefficient (Wildman–Crippen LogP) is 1.94. The standard InChI is InChI=1S/C17H24N2O4/c1-2-22-15-10-14(20)17(15)5-7-19(8-6-17)16(21)12-9-13(23-18-12)11-3-4-11/h9,11,14-15,20H,2-8,10H2,1H3/t14-,15+/m1/s1. The zero-order valence-electron chi connectivity index (χ0n) is 13.5. The molecule has 2 atom stereocenters. The summed E-state index contributed by atoms with van der Waals surface area (Å²) in [4.78, 5) is 14.4. The van der Waals surface area contributed by atoms with Crippen molar-refractivity contribution in [2.75, 3.05) is 19.7 Å². The number of likely N-dealkylation sites (tertiary alicyclic amines) is 1. The van der Waals surface area contributed by atoms with Crippen molar-refractivity contribution < 1.29 is 19.2 Å². The maximum atomic E-state index is 12.6. The first-order valence-corrected chi connectivity index (χ1v) is 8.69. The van der Waals surface area contributed by atoms with E-state index in [-0.39, 0.29) is 23.5 Å². The highest BCUT2D eigenvalue weighted by Crippen LogP contribution is 2.51. The fraction of sp³-hybridized carbons (Fsp3) is 0.765. The van der Waals surface area contributed by atoms with Gasteiger partial charge >= 0.3 is 0 Å². The molecule has 1 aromatic rings. The molecule has 23 heavy (non-hydrogen) atoms. The summed E-state index contributed by atoms with van der Waals surface area (Å²) < 4.78 is 11.1. The second-order valence-electron chi connectivity index (χ2n) is 7.11. The number of carbonyl (C=O) groups excluding carboxylic acids is 1. The Morgan fingerprint density at radius 3 is 2.83 bits per heavy atom. The van der Waals surface area contributed by atoms with Gasteiger partial charge < -0.3 is 19.3 Å². The molecule has 3 fully saturated rings. The summed E-state index contributed by atoms with van der Waals surface area (Å²) in [5, 5.41) is 14.2. The van der Waals surface area contributed by atoms with Gasteiger partial charge in [0.25, 0.3) is 5.91 Å².